The van der Waals surface area contributed by atoms with Crippen molar-refractivity contribution in [3.05, 3.63) is 34.1 Å². The zero-order valence-electron chi connectivity index (χ0n) is 10.7. The molecule has 2 aromatic heterocycles. The zero-order chi connectivity index (χ0) is 13.8. The molecule has 0 aromatic carbocycles. The summed E-state index contributed by atoms with van der Waals surface area (Å²) in [5.41, 5.74) is -0.264. The molecule has 8 heteroatoms. The summed E-state index contributed by atoms with van der Waals surface area (Å²) in [6.45, 7) is 4.25. The second-order valence-electron chi connectivity index (χ2n) is 4.54. The molecule has 0 spiro atoms. The molecule has 3 N–H and O–H groups in total. The van der Waals surface area contributed by atoms with Gasteiger partial charge < -0.3 is 19.8 Å². The van der Waals surface area contributed by atoms with Gasteiger partial charge in [0, 0.05) is 12.6 Å². The minimum atomic E-state index is -0.427. The van der Waals surface area contributed by atoms with E-state index >= 15 is 0 Å². The van der Waals surface area contributed by atoms with Crippen molar-refractivity contribution in [2.24, 2.45) is 5.92 Å². The van der Waals surface area contributed by atoms with Gasteiger partial charge in [-0.1, -0.05) is 19.0 Å². The van der Waals surface area contributed by atoms with E-state index in [0.29, 0.717) is 24.1 Å². The van der Waals surface area contributed by atoms with Crippen LogP contribution in [0, 0.1) is 5.92 Å². The van der Waals surface area contributed by atoms with Gasteiger partial charge in [0.25, 0.3) is 5.91 Å². The van der Waals surface area contributed by atoms with Gasteiger partial charge in [0.2, 0.25) is 5.89 Å². The van der Waals surface area contributed by atoms with E-state index < -0.39 is 11.6 Å². The van der Waals surface area contributed by atoms with Crippen molar-refractivity contribution in [3.8, 4) is 0 Å². The lowest BCUT2D eigenvalue weighted by molar-refractivity contribution is 0.0945. The highest BCUT2D eigenvalue weighted by atomic mass is 16.5. The van der Waals surface area contributed by atoms with Crippen molar-refractivity contribution in [3.63, 3.8) is 0 Å². The van der Waals surface area contributed by atoms with Gasteiger partial charge >= 0.3 is 5.69 Å². The first kappa shape index (κ1) is 13.1. The minimum absolute atomic E-state index is 0.146. The number of H-pyrrole nitrogens is 2. The quantitative estimate of drug-likeness (QED) is 0.714. The number of rotatable bonds is 5. The fourth-order valence-corrected chi connectivity index (χ4v) is 1.50. The second-order valence-corrected chi connectivity index (χ2v) is 4.54. The monoisotopic (exact) mass is 265 g/mol. The minimum Gasteiger partial charge on any atom is -0.343 e. The van der Waals surface area contributed by atoms with Crippen molar-refractivity contribution in [1.29, 1.82) is 0 Å². The Morgan fingerprint density at radius 1 is 1.53 bits per heavy atom. The Bertz CT molecular complexity index is 610. The van der Waals surface area contributed by atoms with Crippen LogP contribution >= 0.6 is 0 Å². The summed E-state index contributed by atoms with van der Waals surface area (Å²) in [5.74, 6) is 0.970. The van der Waals surface area contributed by atoms with E-state index in [-0.39, 0.29) is 12.2 Å². The van der Waals surface area contributed by atoms with Crippen molar-refractivity contribution in [1.82, 2.24) is 25.4 Å². The molecule has 0 aliphatic rings. The maximum atomic E-state index is 11.6. The Balaban J connectivity index is 1.90. The maximum absolute atomic E-state index is 11.6. The SMILES string of the molecule is CC(C)Cc1nc(CNC(=O)c2c[nH]c(=O)[nH]2)no1. The molecule has 102 valence electrons. The number of aromatic nitrogens is 4. The Hall–Kier alpha value is -2.38. The van der Waals surface area contributed by atoms with Gasteiger partial charge in [-0.15, -0.1) is 0 Å². The van der Waals surface area contributed by atoms with Crippen LogP contribution in [0.3, 0.4) is 0 Å². The van der Waals surface area contributed by atoms with Gasteiger partial charge in [0.05, 0.1) is 6.54 Å². The van der Waals surface area contributed by atoms with E-state index in [0.717, 1.165) is 0 Å². The largest absolute Gasteiger partial charge is 0.343 e. The first-order valence-corrected chi connectivity index (χ1v) is 5.92. The lowest BCUT2D eigenvalue weighted by Gasteiger charge is -1.98. The van der Waals surface area contributed by atoms with Gasteiger partial charge in [-0.05, 0) is 5.92 Å². The fraction of sp³-hybridized carbons (Fsp3) is 0.455. The van der Waals surface area contributed by atoms with Gasteiger partial charge in [0.15, 0.2) is 5.82 Å². The van der Waals surface area contributed by atoms with Gasteiger partial charge in [0.1, 0.15) is 5.69 Å². The molecule has 8 nitrogen and oxygen atoms in total. The van der Waals surface area contributed by atoms with Gasteiger partial charge in [-0.25, -0.2) is 4.79 Å². The molecule has 0 aliphatic carbocycles. The topological polar surface area (TPSA) is 117 Å². The Labute approximate surface area is 108 Å². The molecule has 0 bridgehead atoms. The van der Waals surface area contributed by atoms with Crippen LogP contribution in [0.2, 0.25) is 0 Å². The molecular weight excluding hydrogens is 250 g/mol. The molecule has 0 radical (unpaired) electrons. The zero-order valence-corrected chi connectivity index (χ0v) is 10.7. The molecule has 2 aromatic rings. The summed E-state index contributed by atoms with van der Waals surface area (Å²) in [7, 11) is 0. The number of carbonyl (C=O) groups excluding carboxylic acids is 1. The summed E-state index contributed by atoms with van der Waals surface area (Å²) in [5, 5.41) is 6.34. The van der Waals surface area contributed by atoms with E-state index in [2.05, 4.69) is 25.4 Å². The number of imidazole rings is 1. The third-order valence-electron chi connectivity index (χ3n) is 2.34. The summed E-state index contributed by atoms with van der Waals surface area (Å²) in [4.78, 5) is 31.3. The predicted octanol–water partition coefficient (Wildman–Crippen LogP) is 0.215. The average molecular weight is 265 g/mol. The average Bonchev–Trinajstić information content (AvgIpc) is 2.94. The summed E-state index contributed by atoms with van der Waals surface area (Å²) in [6.07, 6.45) is 2.00. The third-order valence-corrected chi connectivity index (χ3v) is 2.34. The summed E-state index contributed by atoms with van der Waals surface area (Å²) < 4.78 is 5.04. The van der Waals surface area contributed by atoms with Crippen molar-refractivity contribution in [2.75, 3.05) is 0 Å². The number of hydrogen-bond acceptors (Lipinski definition) is 5. The summed E-state index contributed by atoms with van der Waals surface area (Å²) >= 11 is 0. The van der Waals surface area contributed by atoms with E-state index in [9.17, 15) is 9.59 Å². The normalized spacial score (nSPS) is 10.9. The number of aromatic amines is 2. The molecule has 19 heavy (non-hydrogen) atoms. The van der Waals surface area contributed by atoms with Crippen LogP contribution in [0.5, 0.6) is 0 Å². The van der Waals surface area contributed by atoms with Crippen LogP contribution in [-0.4, -0.2) is 26.0 Å². The molecule has 0 unspecified atom stereocenters. The van der Waals surface area contributed by atoms with Crippen LogP contribution in [0.1, 0.15) is 36.1 Å². The molecule has 0 aliphatic heterocycles. The number of nitrogens with zero attached hydrogens (tertiary/aromatic N) is 2. The third kappa shape index (κ3) is 3.54. The van der Waals surface area contributed by atoms with Crippen LogP contribution in [-0.2, 0) is 13.0 Å². The Morgan fingerprint density at radius 2 is 2.32 bits per heavy atom. The molecule has 0 fully saturated rings. The van der Waals surface area contributed by atoms with Crippen LogP contribution in [0.15, 0.2) is 15.5 Å². The second kappa shape index (κ2) is 5.51. The molecule has 0 atom stereocenters. The van der Waals surface area contributed by atoms with E-state index in [1.54, 1.807) is 0 Å². The Kier molecular flexibility index (Phi) is 3.79. The lowest BCUT2D eigenvalue weighted by Crippen LogP contribution is -2.24. The molecule has 2 rings (SSSR count). The van der Waals surface area contributed by atoms with E-state index in [1.807, 2.05) is 13.8 Å². The highest BCUT2D eigenvalue weighted by molar-refractivity contribution is 5.91. The van der Waals surface area contributed by atoms with E-state index in [4.69, 9.17) is 4.52 Å². The van der Waals surface area contributed by atoms with Crippen LogP contribution < -0.4 is 11.0 Å². The van der Waals surface area contributed by atoms with Gasteiger partial charge in [-0.3, -0.25) is 4.79 Å². The molecular formula is C11H15N5O3. The van der Waals surface area contributed by atoms with Crippen molar-refractivity contribution >= 4 is 5.91 Å². The number of amides is 1. The van der Waals surface area contributed by atoms with E-state index in [1.165, 1.54) is 6.20 Å². The molecule has 0 saturated carbocycles. The van der Waals surface area contributed by atoms with Crippen LogP contribution in [0.4, 0.5) is 0 Å². The summed E-state index contributed by atoms with van der Waals surface area (Å²) in [6, 6.07) is 0. The first-order valence-electron chi connectivity index (χ1n) is 5.92. The predicted molar refractivity (Wildman–Crippen MR) is 65.4 cm³/mol. The van der Waals surface area contributed by atoms with Crippen molar-refractivity contribution < 1.29 is 9.32 Å². The number of carbonyl (C=O) groups is 1. The molecule has 2 heterocycles. The standard InChI is InChI=1S/C11H15N5O3/c1-6(2)3-9-15-8(16-19-9)5-12-10(17)7-4-13-11(18)14-7/h4,6H,3,5H2,1-2H3,(H,12,17)(H2,13,14,18). The van der Waals surface area contributed by atoms with Crippen LogP contribution in [0.25, 0.3) is 0 Å². The highest BCUT2D eigenvalue weighted by Crippen LogP contribution is 2.05. The maximum Gasteiger partial charge on any atom is 0.323 e. The van der Waals surface area contributed by atoms with Gasteiger partial charge in [-0.2, -0.15) is 4.98 Å². The number of hydrogen-bond donors (Lipinski definition) is 3. The fourth-order valence-electron chi connectivity index (χ4n) is 1.50. The molecule has 1 amide bonds. The smallest absolute Gasteiger partial charge is 0.323 e. The lowest BCUT2D eigenvalue weighted by atomic mass is 10.1. The highest BCUT2D eigenvalue weighted by Gasteiger charge is 2.11. The number of nitrogens with one attached hydrogen (secondary N) is 3. The molecule has 0 saturated heterocycles. The van der Waals surface area contributed by atoms with Crippen molar-refractivity contribution in [2.45, 2.75) is 26.8 Å². The first-order chi connectivity index (χ1) is 9.04. The Morgan fingerprint density at radius 3 is 2.95 bits per heavy atom.